The normalized spacial score (nSPS) is 19.2. The highest BCUT2D eigenvalue weighted by molar-refractivity contribution is 5.78. The summed E-state index contributed by atoms with van der Waals surface area (Å²) >= 11 is 0. The summed E-state index contributed by atoms with van der Waals surface area (Å²) in [6, 6.07) is 15.4. The van der Waals surface area contributed by atoms with E-state index in [0.29, 0.717) is 6.54 Å². The molecule has 1 amide bonds. The van der Waals surface area contributed by atoms with Crippen LogP contribution >= 0.6 is 0 Å². The number of amides is 1. The molecule has 0 radical (unpaired) electrons. The Kier molecular flexibility index (Phi) is 7.93. The Labute approximate surface area is 191 Å². The molecule has 2 aliphatic heterocycles. The van der Waals surface area contributed by atoms with E-state index < -0.39 is 0 Å². The molecule has 5 heteroatoms. The van der Waals surface area contributed by atoms with E-state index in [9.17, 15) is 9.18 Å². The highest BCUT2D eigenvalue weighted by atomic mass is 19.1. The van der Waals surface area contributed by atoms with Gasteiger partial charge in [0.2, 0.25) is 5.91 Å². The fourth-order valence-corrected chi connectivity index (χ4v) is 4.85. The molecule has 0 aromatic heterocycles. The van der Waals surface area contributed by atoms with Crippen LogP contribution in [-0.4, -0.2) is 41.9 Å². The molecule has 4 rings (SSSR count). The van der Waals surface area contributed by atoms with E-state index in [1.54, 1.807) is 0 Å². The van der Waals surface area contributed by atoms with Gasteiger partial charge in [0.25, 0.3) is 0 Å². The zero-order valence-corrected chi connectivity index (χ0v) is 19.2. The molecule has 4 nitrogen and oxygen atoms in total. The van der Waals surface area contributed by atoms with Gasteiger partial charge in [-0.25, -0.2) is 4.39 Å². The first-order chi connectivity index (χ1) is 15.5. The molecule has 0 saturated carbocycles. The van der Waals surface area contributed by atoms with Crippen LogP contribution in [0.3, 0.4) is 0 Å². The summed E-state index contributed by atoms with van der Waals surface area (Å²) in [7, 11) is 0. The summed E-state index contributed by atoms with van der Waals surface area (Å²) in [6.45, 7) is 8.93. The van der Waals surface area contributed by atoms with Crippen molar-refractivity contribution >= 4 is 5.91 Å². The van der Waals surface area contributed by atoms with Crippen molar-refractivity contribution in [3.05, 3.63) is 71.0 Å². The second-order valence-corrected chi connectivity index (χ2v) is 9.67. The largest absolute Gasteiger partial charge is 0.352 e. The fraction of sp³-hybridized carbons (Fsp3) is 0.519. The van der Waals surface area contributed by atoms with Crippen LogP contribution in [0.4, 0.5) is 4.39 Å². The number of carbonyl (C=O) groups is 1. The first-order valence-corrected chi connectivity index (χ1v) is 12.1. The minimum atomic E-state index is -0.198. The van der Waals surface area contributed by atoms with Crippen LogP contribution < -0.4 is 5.32 Å². The number of halogens is 1. The molecule has 2 fully saturated rings. The van der Waals surface area contributed by atoms with Gasteiger partial charge >= 0.3 is 0 Å². The van der Waals surface area contributed by atoms with Crippen LogP contribution in [0.1, 0.15) is 49.3 Å². The molecule has 0 spiro atoms. The van der Waals surface area contributed by atoms with Gasteiger partial charge in [-0.1, -0.05) is 43.3 Å². The van der Waals surface area contributed by atoms with Crippen molar-refractivity contribution in [2.45, 2.75) is 52.2 Å². The van der Waals surface area contributed by atoms with Gasteiger partial charge in [-0.3, -0.25) is 14.6 Å². The lowest BCUT2D eigenvalue weighted by atomic mass is 9.95. The van der Waals surface area contributed by atoms with Gasteiger partial charge in [0.1, 0.15) is 5.82 Å². The second-order valence-electron chi connectivity index (χ2n) is 9.67. The summed E-state index contributed by atoms with van der Waals surface area (Å²) in [6.07, 6.45) is 4.33. The number of hydrogen-bond acceptors (Lipinski definition) is 3. The van der Waals surface area contributed by atoms with Crippen LogP contribution in [0.2, 0.25) is 0 Å². The number of rotatable bonds is 7. The minimum Gasteiger partial charge on any atom is -0.352 e. The smallest absolute Gasteiger partial charge is 0.223 e. The van der Waals surface area contributed by atoms with Crippen molar-refractivity contribution in [3.63, 3.8) is 0 Å². The highest BCUT2D eigenvalue weighted by Gasteiger charge is 2.25. The number of carbonyl (C=O) groups excluding carboxylic acids is 1. The maximum absolute atomic E-state index is 13.1. The first kappa shape index (κ1) is 22.9. The van der Waals surface area contributed by atoms with E-state index in [2.05, 4.69) is 46.3 Å². The van der Waals surface area contributed by atoms with Crippen LogP contribution in [0.25, 0.3) is 0 Å². The first-order valence-electron chi connectivity index (χ1n) is 12.1. The minimum absolute atomic E-state index is 0.0815. The van der Waals surface area contributed by atoms with Gasteiger partial charge in [-0.2, -0.15) is 0 Å². The Morgan fingerprint density at radius 2 is 1.47 bits per heavy atom. The van der Waals surface area contributed by atoms with Crippen molar-refractivity contribution in [2.75, 3.05) is 26.2 Å². The number of benzene rings is 2. The lowest BCUT2D eigenvalue weighted by Gasteiger charge is -2.31. The summed E-state index contributed by atoms with van der Waals surface area (Å²) in [5.74, 6) is 0.901. The standard InChI is InChI=1S/C27H36FN3O/c1-21-9-13-30(14-10-21)20-24-4-2-3-23(17-24)18-29-27(32)25-11-15-31(16-12-25)19-22-5-7-26(28)8-6-22/h2-8,17,21,25H,9-16,18-20H2,1H3,(H,29,32). The average molecular weight is 438 g/mol. The van der Waals surface area contributed by atoms with Crippen LogP contribution in [0.15, 0.2) is 48.5 Å². The summed E-state index contributed by atoms with van der Waals surface area (Å²) in [5, 5.41) is 3.16. The molecule has 2 aromatic rings. The van der Waals surface area contributed by atoms with E-state index in [1.807, 2.05) is 12.1 Å². The van der Waals surface area contributed by atoms with Gasteiger partial charge in [0, 0.05) is 25.6 Å². The lowest BCUT2D eigenvalue weighted by Crippen LogP contribution is -2.40. The fourth-order valence-electron chi connectivity index (χ4n) is 4.85. The van der Waals surface area contributed by atoms with Gasteiger partial charge in [0.05, 0.1) is 0 Å². The maximum atomic E-state index is 13.1. The molecule has 0 unspecified atom stereocenters. The SMILES string of the molecule is CC1CCN(Cc2cccc(CNC(=O)C3CCN(Cc4ccc(F)cc4)CC3)c2)CC1. The highest BCUT2D eigenvalue weighted by Crippen LogP contribution is 2.21. The number of piperidine rings is 2. The number of nitrogens with zero attached hydrogens (tertiary/aromatic N) is 2. The molecule has 172 valence electrons. The molecular weight excluding hydrogens is 401 g/mol. The molecule has 2 aliphatic rings. The van der Waals surface area contributed by atoms with E-state index in [4.69, 9.17) is 0 Å². The summed E-state index contributed by atoms with van der Waals surface area (Å²) in [4.78, 5) is 17.6. The molecule has 0 aliphatic carbocycles. The second kappa shape index (κ2) is 11.1. The van der Waals surface area contributed by atoms with Gasteiger partial charge < -0.3 is 5.32 Å². The molecular formula is C27H36FN3O. The van der Waals surface area contributed by atoms with E-state index in [0.717, 1.165) is 50.5 Å². The zero-order valence-electron chi connectivity index (χ0n) is 19.2. The van der Waals surface area contributed by atoms with E-state index in [1.165, 1.54) is 49.2 Å². The van der Waals surface area contributed by atoms with E-state index in [-0.39, 0.29) is 17.6 Å². The van der Waals surface area contributed by atoms with Crippen molar-refractivity contribution in [2.24, 2.45) is 11.8 Å². The molecule has 0 atom stereocenters. The van der Waals surface area contributed by atoms with Crippen LogP contribution in [0, 0.1) is 17.7 Å². The Hall–Kier alpha value is -2.24. The molecule has 2 heterocycles. The Balaban J connectivity index is 1.20. The maximum Gasteiger partial charge on any atom is 0.223 e. The van der Waals surface area contributed by atoms with Gasteiger partial charge in [-0.05, 0) is 86.6 Å². The quantitative estimate of drug-likeness (QED) is 0.688. The number of likely N-dealkylation sites (tertiary alicyclic amines) is 2. The lowest BCUT2D eigenvalue weighted by molar-refractivity contribution is -0.126. The zero-order chi connectivity index (χ0) is 22.3. The predicted molar refractivity (Wildman–Crippen MR) is 126 cm³/mol. The number of nitrogens with one attached hydrogen (secondary N) is 1. The van der Waals surface area contributed by atoms with Gasteiger partial charge in [-0.15, -0.1) is 0 Å². The Bertz CT molecular complexity index is 869. The van der Waals surface area contributed by atoms with Crippen molar-refractivity contribution < 1.29 is 9.18 Å². The Morgan fingerprint density at radius 1 is 0.875 bits per heavy atom. The molecule has 2 aromatic carbocycles. The topological polar surface area (TPSA) is 35.6 Å². The van der Waals surface area contributed by atoms with Crippen molar-refractivity contribution in [3.8, 4) is 0 Å². The Morgan fingerprint density at radius 3 is 2.16 bits per heavy atom. The summed E-state index contributed by atoms with van der Waals surface area (Å²) < 4.78 is 13.1. The van der Waals surface area contributed by atoms with Gasteiger partial charge in [0.15, 0.2) is 0 Å². The van der Waals surface area contributed by atoms with Crippen molar-refractivity contribution in [1.82, 2.24) is 15.1 Å². The molecule has 0 bridgehead atoms. The molecule has 2 saturated heterocycles. The third-order valence-electron chi connectivity index (χ3n) is 7.02. The third kappa shape index (κ3) is 6.63. The molecule has 32 heavy (non-hydrogen) atoms. The van der Waals surface area contributed by atoms with Crippen LogP contribution in [0.5, 0.6) is 0 Å². The van der Waals surface area contributed by atoms with Crippen molar-refractivity contribution in [1.29, 1.82) is 0 Å². The summed E-state index contributed by atoms with van der Waals surface area (Å²) in [5.41, 5.74) is 3.63. The monoisotopic (exact) mass is 437 g/mol. The third-order valence-corrected chi connectivity index (χ3v) is 7.02. The predicted octanol–water partition coefficient (Wildman–Crippen LogP) is 4.59. The average Bonchev–Trinajstić information content (AvgIpc) is 2.81. The number of hydrogen-bond donors (Lipinski definition) is 1. The molecule has 1 N–H and O–H groups in total. The van der Waals surface area contributed by atoms with Crippen LogP contribution in [-0.2, 0) is 24.4 Å². The van der Waals surface area contributed by atoms with E-state index >= 15 is 0 Å².